The van der Waals surface area contributed by atoms with Gasteiger partial charge in [0.15, 0.2) is 0 Å². The van der Waals surface area contributed by atoms with Gasteiger partial charge in [-0.15, -0.1) is 0 Å². The van der Waals surface area contributed by atoms with Crippen molar-refractivity contribution in [2.75, 3.05) is 13.1 Å². The molecule has 0 unspecified atom stereocenters. The van der Waals surface area contributed by atoms with E-state index in [9.17, 15) is 0 Å². The van der Waals surface area contributed by atoms with Crippen LogP contribution in [0.3, 0.4) is 0 Å². The Morgan fingerprint density at radius 3 is 1.65 bits per heavy atom. The maximum Gasteiger partial charge on any atom is 0.0221 e. The lowest BCUT2D eigenvalue weighted by Gasteiger charge is -2.39. The second kappa shape index (κ2) is 5.64. The third-order valence-electron chi connectivity index (χ3n) is 4.00. The van der Waals surface area contributed by atoms with Crippen LogP contribution >= 0.6 is 0 Å². The van der Waals surface area contributed by atoms with Gasteiger partial charge >= 0.3 is 0 Å². The summed E-state index contributed by atoms with van der Waals surface area (Å²) in [6, 6.07) is 22.1. The SMILES string of the molecule is CC(C)N1CC(=C(c2ccccc2)c2ccccc2)C1. The molecule has 0 atom stereocenters. The molecule has 2 aromatic rings. The minimum Gasteiger partial charge on any atom is -0.293 e. The van der Waals surface area contributed by atoms with Crippen LogP contribution in [0.1, 0.15) is 25.0 Å². The highest BCUT2D eigenvalue weighted by atomic mass is 15.2. The average Bonchev–Trinajstić information content (AvgIpc) is 2.43. The van der Waals surface area contributed by atoms with Crippen LogP contribution in [0.25, 0.3) is 5.57 Å². The average molecular weight is 263 g/mol. The summed E-state index contributed by atoms with van der Waals surface area (Å²) in [6.07, 6.45) is 0. The first kappa shape index (κ1) is 13.1. The van der Waals surface area contributed by atoms with E-state index in [0.29, 0.717) is 6.04 Å². The molecular weight excluding hydrogens is 242 g/mol. The van der Waals surface area contributed by atoms with E-state index < -0.39 is 0 Å². The van der Waals surface area contributed by atoms with Gasteiger partial charge in [-0.3, -0.25) is 4.90 Å². The lowest BCUT2D eigenvalue weighted by atomic mass is 9.89. The van der Waals surface area contributed by atoms with Gasteiger partial charge in [-0.1, -0.05) is 60.7 Å². The van der Waals surface area contributed by atoms with E-state index >= 15 is 0 Å². The van der Waals surface area contributed by atoms with E-state index in [1.165, 1.54) is 16.7 Å². The van der Waals surface area contributed by atoms with Gasteiger partial charge in [0.1, 0.15) is 0 Å². The van der Waals surface area contributed by atoms with Crippen molar-refractivity contribution < 1.29 is 0 Å². The quantitative estimate of drug-likeness (QED) is 0.801. The smallest absolute Gasteiger partial charge is 0.0221 e. The molecule has 1 aliphatic heterocycles. The summed E-state index contributed by atoms with van der Waals surface area (Å²) in [5.41, 5.74) is 5.63. The molecule has 1 saturated heterocycles. The Kier molecular flexibility index (Phi) is 3.70. The first-order valence-electron chi connectivity index (χ1n) is 7.32. The van der Waals surface area contributed by atoms with E-state index in [-0.39, 0.29) is 0 Å². The molecule has 0 aliphatic carbocycles. The van der Waals surface area contributed by atoms with Crippen LogP contribution in [0.4, 0.5) is 0 Å². The van der Waals surface area contributed by atoms with Gasteiger partial charge in [-0.05, 0) is 36.1 Å². The lowest BCUT2D eigenvalue weighted by Crippen LogP contribution is -2.45. The van der Waals surface area contributed by atoms with Crippen molar-refractivity contribution >= 4 is 5.57 Å². The molecule has 0 bridgehead atoms. The summed E-state index contributed by atoms with van der Waals surface area (Å²) in [4.78, 5) is 2.50. The molecule has 0 spiro atoms. The maximum atomic E-state index is 2.50. The zero-order valence-corrected chi connectivity index (χ0v) is 12.2. The maximum absolute atomic E-state index is 2.50. The van der Waals surface area contributed by atoms with Gasteiger partial charge in [-0.25, -0.2) is 0 Å². The standard InChI is InChI=1S/C19H21N/c1-15(2)20-13-18(14-20)19(16-9-5-3-6-10-16)17-11-7-4-8-12-17/h3-12,15H,13-14H2,1-2H3. The first-order chi connectivity index (χ1) is 9.75. The summed E-state index contributed by atoms with van der Waals surface area (Å²) in [6.45, 7) is 6.72. The normalized spacial score (nSPS) is 15.2. The molecule has 20 heavy (non-hydrogen) atoms. The monoisotopic (exact) mass is 263 g/mol. The van der Waals surface area contributed by atoms with Crippen molar-refractivity contribution in [2.45, 2.75) is 19.9 Å². The van der Waals surface area contributed by atoms with E-state index in [4.69, 9.17) is 0 Å². The predicted molar refractivity (Wildman–Crippen MR) is 85.6 cm³/mol. The van der Waals surface area contributed by atoms with Crippen molar-refractivity contribution in [3.05, 3.63) is 77.4 Å². The number of benzene rings is 2. The fourth-order valence-corrected chi connectivity index (χ4v) is 2.75. The molecule has 0 N–H and O–H groups in total. The number of hydrogen-bond acceptors (Lipinski definition) is 1. The van der Waals surface area contributed by atoms with Crippen molar-refractivity contribution in [1.82, 2.24) is 4.90 Å². The molecule has 0 radical (unpaired) electrons. The first-order valence-corrected chi connectivity index (χ1v) is 7.32. The van der Waals surface area contributed by atoms with Crippen LogP contribution in [0.5, 0.6) is 0 Å². The Bertz CT molecular complexity index is 547. The molecule has 2 aromatic carbocycles. The molecule has 0 amide bonds. The summed E-state index contributed by atoms with van der Waals surface area (Å²) in [7, 11) is 0. The topological polar surface area (TPSA) is 3.24 Å². The van der Waals surface area contributed by atoms with Gasteiger partial charge in [0.25, 0.3) is 0 Å². The molecule has 1 nitrogen and oxygen atoms in total. The van der Waals surface area contributed by atoms with Crippen molar-refractivity contribution in [3.8, 4) is 0 Å². The zero-order chi connectivity index (χ0) is 13.9. The van der Waals surface area contributed by atoms with Crippen LogP contribution < -0.4 is 0 Å². The van der Waals surface area contributed by atoms with Crippen molar-refractivity contribution in [2.24, 2.45) is 0 Å². The minimum absolute atomic E-state index is 0.631. The second-order valence-electron chi connectivity index (χ2n) is 5.71. The van der Waals surface area contributed by atoms with Gasteiger partial charge in [0.05, 0.1) is 0 Å². The fourth-order valence-electron chi connectivity index (χ4n) is 2.75. The molecular formula is C19H21N. The highest BCUT2D eigenvalue weighted by molar-refractivity contribution is 5.83. The summed E-state index contributed by atoms with van der Waals surface area (Å²) < 4.78 is 0. The largest absolute Gasteiger partial charge is 0.293 e. The summed E-state index contributed by atoms with van der Waals surface area (Å²) in [5.74, 6) is 0. The van der Waals surface area contributed by atoms with E-state index in [1.54, 1.807) is 5.57 Å². The molecule has 0 saturated carbocycles. The number of likely N-dealkylation sites (tertiary alicyclic amines) is 1. The van der Waals surface area contributed by atoms with E-state index in [2.05, 4.69) is 79.4 Å². The van der Waals surface area contributed by atoms with Gasteiger partial charge in [-0.2, -0.15) is 0 Å². The Morgan fingerprint density at radius 2 is 1.25 bits per heavy atom. The molecule has 102 valence electrons. The van der Waals surface area contributed by atoms with E-state index in [1.807, 2.05) is 0 Å². The molecule has 0 aromatic heterocycles. The Labute approximate surface area is 121 Å². The minimum atomic E-state index is 0.631. The molecule has 1 fully saturated rings. The number of nitrogens with zero attached hydrogens (tertiary/aromatic N) is 1. The second-order valence-corrected chi connectivity index (χ2v) is 5.71. The van der Waals surface area contributed by atoms with Gasteiger partial charge < -0.3 is 0 Å². The Morgan fingerprint density at radius 1 is 0.800 bits per heavy atom. The highest BCUT2D eigenvalue weighted by Crippen LogP contribution is 2.32. The molecule has 1 heterocycles. The highest BCUT2D eigenvalue weighted by Gasteiger charge is 2.26. The summed E-state index contributed by atoms with van der Waals surface area (Å²) in [5, 5.41) is 0. The van der Waals surface area contributed by atoms with Crippen molar-refractivity contribution in [1.29, 1.82) is 0 Å². The molecule has 1 aliphatic rings. The number of hydrogen-bond donors (Lipinski definition) is 0. The number of rotatable bonds is 3. The van der Waals surface area contributed by atoms with E-state index in [0.717, 1.165) is 13.1 Å². The third kappa shape index (κ3) is 2.54. The lowest BCUT2D eigenvalue weighted by molar-refractivity contribution is 0.200. The Hall–Kier alpha value is -1.86. The van der Waals surface area contributed by atoms with Gasteiger partial charge in [0.2, 0.25) is 0 Å². The van der Waals surface area contributed by atoms with Crippen LogP contribution in [-0.4, -0.2) is 24.0 Å². The van der Waals surface area contributed by atoms with Crippen LogP contribution in [-0.2, 0) is 0 Å². The van der Waals surface area contributed by atoms with Crippen LogP contribution in [0.15, 0.2) is 66.2 Å². The van der Waals surface area contributed by atoms with Crippen LogP contribution in [0, 0.1) is 0 Å². The molecule has 1 heteroatoms. The van der Waals surface area contributed by atoms with Crippen molar-refractivity contribution in [3.63, 3.8) is 0 Å². The molecule has 3 rings (SSSR count). The fraction of sp³-hybridized carbons (Fsp3) is 0.263. The zero-order valence-electron chi connectivity index (χ0n) is 12.2. The Balaban J connectivity index is 2.01. The van der Waals surface area contributed by atoms with Crippen LogP contribution in [0.2, 0.25) is 0 Å². The van der Waals surface area contributed by atoms with Gasteiger partial charge in [0, 0.05) is 19.1 Å². The third-order valence-corrected chi connectivity index (χ3v) is 4.00. The summed E-state index contributed by atoms with van der Waals surface area (Å²) >= 11 is 0. The predicted octanol–water partition coefficient (Wildman–Crippen LogP) is 4.21.